The molecule has 0 aliphatic heterocycles. The molecule has 22 heavy (non-hydrogen) atoms. The molecule has 0 aliphatic rings. The number of nitrogens with one attached hydrogen (secondary N) is 1. The Hall–Kier alpha value is -2.29. The van der Waals surface area contributed by atoms with Crippen LogP contribution in [0.25, 0.3) is 0 Å². The maximum atomic E-state index is 13.9. The van der Waals surface area contributed by atoms with E-state index in [1.165, 1.54) is 30.1 Å². The van der Waals surface area contributed by atoms with Crippen LogP contribution in [0, 0.1) is 0 Å². The van der Waals surface area contributed by atoms with Crippen molar-refractivity contribution >= 4 is 15.9 Å². The average molecular weight is 329 g/mol. The molecule has 0 atom stereocenters. The zero-order valence-electron chi connectivity index (χ0n) is 11.5. The number of carbonyl (C=O) groups is 1. The SMILES string of the molecule is Cn1nccc1S(=O)(=O)NC(=O)C(F)(F)Cc1ccccc1. The highest BCUT2D eigenvalue weighted by atomic mass is 32.2. The second kappa shape index (κ2) is 5.84. The van der Waals surface area contributed by atoms with Gasteiger partial charge in [0.25, 0.3) is 10.0 Å². The summed E-state index contributed by atoms with van der Waals surface area (Å²) in [7, 11) is -3.08. The highest BCUT2D eigenvalue weighted by molar-refractivity contribution is 7.90. The van der Waals surface area contributed by atoms with Crippen LogP contribution in [0.5, 0.6) is 0 Å². The number of amides is 1. The lowest BCUT2D eigenvalue weighted by atomic mass is 10.1. The van der Waals surface area contributed by atoms with Crippen molar-refractivity contribution in [3.8, 4) is 0 Å². The van der Waals surface area contributed by atoms with Gasteiger partial charge in [0.15, 0.2) is 5.03 Å². The van der Waals surface area contributed by atoms with Gasteiger partial charge >= 0.3 is 11.8 Å². The van der Waals surface area contributed by atoms with Crippen LogP contribution in [0.1, 0.15) is 5.56 Å². The number of hydrogen-bond acceptors (Lipinski definition) is 4. The summed E-state index contributed by atoms with van der Waals surface area (Å²) in [5.74, 6) is -5.73. The molecule has 0 saturated carbocycles. The Morgan fingerprint density at radius 2 is 1.91 bits per heavy atom. The van der Waals surface area contributed by atoms with Crippen LogP contribution in [0.3, 0.4) is 0 Å². The van der Waals surface area contributed by atoms with Crippen molar-refractivity contribution in [3.63, 3.8) is 0 Å². The third kappa shape index (κ3) is 3.48. The van der Waals surface area contributed by atoms with E-state index in [-0.39, 0.29) is 10.6 Å². The van der Waals surface area contributed by atoms with E-state index in [1.54, 1.807) is 18.2 Å². The molecule has 0 spiro atoms. The summed E-state index contributed by atoms with van der Waals surface area (Å²) in [6, 6.07) is 8.71. The Morgan fingerprint density at radius 1 is 1.27 bits per heavy atom. The molecule has 0 aliphatic carbocycles. The summed E-state index contributed by atoms with van der Waals surface area (Å²) in [6.45, 7) is 0. The third-order valence-electron chi connectivity index (χ3n) is 2.88. The van der Waals surface area contributed by atoms with E-state index in [4.69, 9.17) is 0 Å². The summed E-state index contributed by atoms with van der Waals surface area (Å²) in [4.78, 5) is 11.6. The lowest BCUT2D eigenvalue weighted by Gasteiger charge is -2.16. The molecule has 2 rings (SSSR count). The molecular formula is C13H13F2N3O3S. The molecule has 2 aromatic rings. The number of halogens is 2. The standard InChI is InChI=1S/C13H13F2N3O3S/c1-18-11(7-8-16-18)22(20,21)17-12(19)13(14,15)9-10-5-3-2-4-6-10/h2-8H,9H2,1H3,(H,17,19). The van der Waals surface area contributed by atoms with Crippen LogP contribution in [0.4, 0.5) is 8.78 Å². The molecule has 0 fully saturated rings. The minimum atomic E-state index is -4.40. The van der Waals surface area contributed by atoms with Crippen molar-refractivity contribution in [2.24, 2.45) is 7.05 Å². The van der Waals surface area contributed by atoms with Crippen LogP contribution in [-0.2, 0) is 28.3 Å². The monoisotopic (exact) mass is 329 g/mol. The van der Waals surface area contributed by atoms with Crippen LogP contribution in [-0.4, -0.2) is 30.0 Å². The van der Waals surface area contributed by atoms with Crippen molar-refractivity contribution in [1.82, 2.24) is 14.5 Å². The quantitative estimate of drug-likeness (QED) is 0.891. The summed E-state index contributed by atoms with van der Waals surface area (Å²) >= 11 is 0. The summed E-state index contributed by atoms with van der Waals surface area (Å²) in [5, 5.41) is 3.24. The second-order valence-corrected chi connectivity index (χ2v) is 6.22. The zero-order chi connectivity index (χ0) is 16.4. The molecule has 0 unspecified atom stereocenters. The summed E-state index contributed by atoms with van der Waals surface area (Å²) in [5.41, 5.74) is 0.223. The fraction of sp³-hybridized carbons (Fsp3) is 0.231. The van der Waals surface area contributed by atoms with Gasteiger partial charge in [-0.2, -0.15) is 22.3 Å². The van der Waals surface area contributed by atoms with Crippen LogP contribution < -0.4 is 4.72 Å². The van der Waals surface area contributed by atoms with Crippen LogP contribution in [0.2, 0.25) is 0 Å². The Morgan fingerprint density at radius 3 is 2.45 bits per heavy atom. The summed E-state index contributed by atoms with van der Waals surface area (Å²) in [6.07, 6.45) is 0.293. The van der Waals surface area contributed by atoms with E-state index in [0.29, 0.717) is 0 Å². The maximum absolute atomic E-state index is 13.9. The number of hydrogen-bond donors (Lipinski definition) is 1. The molecule has 6 nitrogen and oxygen atoms in total. The highest BCUT2D eigenvalue weighted by Crippen LogP contribution is 2.21. The first-order chi connectivity index (χ1) is 10.2. The maximum Gasteiger partial charge on any atom is 0.329 e. The predicted molar refractivity (Wildman–Crippen MR) is 73.6 cm³/mol. The highest BCUT2D eigenvalue weighted by Gasteiger charge is 2.41. The van der Waals surface area contributed by atoms with Gasteiger partial charge in [0, 0.05) is 13.5 Å². The average Bonchev–Trinajstić information content (AvgIpc) is 2.86. The molecule has 1 N–H and O–H groups in total. The minimum absolute atomic E-state index is 0.223. The lowest BCUT2D eigenvalue weighted by Crippen LogP contribution is -2.44. The van der Waals surface area contributed by atoms with Crippen molar-refractivity contribution in [3.05, 3.63) is 48.2 Å². The number of benzene rings is 1. The third-order valence-corrected chi connectivity index (χ3v) is 4.28. The predicted octanol–water partition coefficient (Wildman–Crippen LogP) is 1.10. The van der Waals surface area contributed by atoms with E-state index in [0.717, 1.165) is 10.7 Å². The van der Waals surface area contributed by atoms with Crippen molar-refractivity contribution < 1.29 is 22.0 Å². The number of aryl methyl sites for hydroxylation is 1. The molecule has 0 saturated heterocycles. The Bertz CT molecular complexity index is 773. The Kier molecular flexibility index (Phi) is 4.27. The number of aromatic nitrogens is 2. The van der Waals surface area contributed by atoms with Gasteiger partial charge in [0.2, 0.25) is 0 Å². The first-order valence-corrected chi connectivity index (χ1v) is 7.68. The van der Waals surface area contributed by atoms with Gasteiger partial charge in [-0.25, -0.2) is 4.72 Å². The van der Waals surface area contributed by atoms with Gasteiger partial charge in [-0.15, -0.1) is 0 Å². The molecule has 1 aromatic heterocycles. The molecule has 9 heteroatoms. The fourth-order valence-corrected chi connectivity index (χ4v) is 2.94. The van der Waals surface area contributed by atoms with E-state index in [2.05, 4.69) is 5.10 Å². The smallest absolute Gasteiger partial charge is 0.267 e. The minimum Gasteiger partial charge on any atom is -0.267 e. The number of nitrogens with zero attached hydrogens (tertiary/aromatic N) is 2. The van der Waals surface area contributed by atoms with Crippen LogP contribution >= 0.6 is 0 Å². The molecule has 0 radical (unpaired) electrons. The van der Waals surface area contributed by atoms with Gasteiger partial charge in [-0.1, -0.05) is 30.3 Å². The zero-order valence-corrected chi connectivity index (χ0v) is 12.3. The Balaban J connectivity index is 2.16. The molecule has 1 heterocycles. The van der Waals surface area contributed by atoms with Gasteiger partial charge in [0.05, 0.1) is 6.20 Å². The lowest BCUT2D eigenvalue weighted by molar-refractivity contribution is -0.143. The van der Waals surface area contributed by atoms with Gasteiger partial charge in [0.1, 0.15) is 0 Å². The molecule has 118 valence electrons. The number of alkyl halides is 2. The van der Waals surface area contributed by atoms with Crippen LogP contribution in [0.15, 0.2) is 47.6 Å². The van der Waals surface area contributed by atoms with E-state index in [1.807, 2.05) is 0 Å². The van der Waals surface area contributed by atoms with E-state index in [9.17, 15) is 22.0 Å². The largest absolute Gasteiger partial charge is 0.329 e. The second-order valence-electron chi connectivity index (χ2n) is 4.59. The molecular weight excluding hydrogens is 316 g/mol. The first-order valence-electron chi connectivity index (χ1n) is 6.19. The van der Waals surface area contributed by atoms with Crippen molar-refractivity contribution in [2.75, 3.05) is 0 Å². The fourth-order valence-electron chi connectivity index (χ4n) is 1.81. The molecule has 1 amide bonds. The normalized spacial score (nSPS) is 12.1. The Labute approximate surface area is 125 Å². The number of rotatable bonds is 5. The topological polar surface area (TPSA) is 81.1 Å². The van der Waals surface area contributed by atoms with Crippen molar-refractivity contribution in [2.45, 2.75) is 17.4 Å². The number of sulfonamides is 1. The molecule has 0 bridgehead atoms. The van der Waals surface area contributed by atoms with E-state index < -0.39 is 28.3 Å². The van der Waals surface area contributed by atoms with Gasteiger partial charge in [-0.3, -0.25) is 9.48 Å². The van der Waals surface area contributed by atoms with Gasteiger partial charge in [-0.05, 0) is 11.6 Å². The summed E-state index contributed by atoms with van der Waals surface area (Å²) < 4.78 is 53.9. The molecule has 1 aromatic carbocycles. The first kappa shape index (κ1) is 16.1. The van der Waals surface area contributed by atoms with E-state index >= 15 is 0 Å². The number of carbonyl (C=O) groups excluding carboxylic acids is 1. The van der Waals surface area contributed by atoms with Gasteiger partial charge < -0.3 is 0 Å². The van der Waals surface area contributed by atoms with Crippen molar-refractivity contribution in [1.29, 1.82) is 0 Å².